The van der Waals surface area contributed by atoms with E-state index in [1.165, 1.54) is 17.4 Å². The van der Waals surface area contributed by atoms with Gasteiger partial charge in [0.05, 0.1) is 0 Å². The van der Waals surface area contributed by atoms with E-state index in [2.05, 4.69) is 24.4 Å². The van der Waals surface area contributed by atoms with Gasteiger partial charge in [0.25, 0.3) is 0 Å². The summed E-state index contributed by atoms with van der Waals surface area (Å²) in [6, 6.07) is 8.33. The van der Waals surface area contributed by atoms with Gasteiger partial charge in [0, 0.05) is 23.4 Å². The molecular weight excluding hydrogens is 186 g/mol. The van der Waals surface area contributed by atoms with E-state index >= 15 is 0 Å². The molecule has 78 valence electrons. The molecule has 1 atom stereocenters. The van der Waals surface area contributed by atoms with Crippen molar-refractivity contribution in [1.29, 1.82) is 0 Å². The second kappa shape index (κ2) is 3.38. The van der Waals surface area contributed by atoms with E-state index < -0.39 is 0 Å². The van der Waals surface area contributed by atoms with Crippen LogP contribution < -0.4 is 5.32 Å². The Labute approximate surface area is 89.3 Å². The summed E-state index contributed by atoms with van der Waals surface area (Å²) in [6.07, 6.45) is 1.23. The highest BCUT2D eigenvalue weighted by Gasteiger charge is 2.23. The number of furan rings is 1. The third-order valence-electron chi connectivity index (χ3n) is 3.29. The van der Waals surface area contributed by atoms with Crippen LogP contribution in [0.1, 0.15) is 23.7 Å². The smallest absolute Gasteiger partial charge is 0.134 e. The van der Waals surface area contributed by atoms with Crippen LogP contribution in [-0.4, -0.2) is 13.1 Å². The first kappa shape index (κ1) is 8.98. The lowest BCUT2D eigenvalue weighted by Crippen LogP contribution is -2.08. The molecule has 1 N–H and O–H groups in total. The lowest BCUT2D eigenvalue weighted by molar-refractivity contribution is 0.564. The number of rotatable bonds is 1. The molecule has 2 heterocycles. The summed E-state index contributed by atoms with van der Waals surface area (Å²) in [5.41, 5.74) is 2.44. The number of nitrogens with one attached hydrogen (secondary N) is 1. The minimum absolute atomic E-state index is 0.633. The number of aryl methyl sites for hydroxylation is 1. The molecule has 0 amide bonds. The molecule has 1 aromatic heterocycles. The molecule has 1 aromatic carbocycles. The first-order valence-corrected chi connectivity index (χ1v) is 5.55. The molecule has 1 unspecified atom stereocenters. The third kappa shape index (κ3) is 1.37. The van der Waals surface area contributed by atoms with Gasteiger partial charge in [-0.2, -0.15) is 0 Å². The fourth-order valence-corrected chi connectivity index (χ4v) is 2.60. The Kier molecular flexibility index (Phi) is 2.03. The van der Waals surface area contributed by atoms with Gasteiger partial charge in [0.15, 0.2) is 0 Å². The van der Waals surface area contributed by atoms with Gasteiger partial charge < -0.3 is 9.73 Å². The molecule has 3 rings (SSSR count). The van der Waals surface area contributed by atoms with Crippen LogP contribution in [0.4, 0.5) is 0 Å². The Morgan fingerprint density at radius 2 is 2.20 bits per heavy atom. The molecule has 15 heavy (non-hydrogen) atoms. The summed E-state index contributed by atoms with van der Waals surface area (Å²) in [5.74, 6) is 1.72. The van der Waals surface area contributed by atoms with E-state index in [-0.39, 0.29) is 0 Å². The van der Waals surface area contributed by atoms with E-state index in [1.54, 1.807) is 0 Å². The molecule has 2 aromatic rings. The maximum Gasteiger partial charge on any atom is 0.134 e. The minimum atomic E-state index is 0.633. The first-order valence-electron chi connectivity index (χ1n) is 5.55. The third-order valence-corrected chi connectivity index (χ3v) is 3.29. The van der Waals surface area contributed by atoms with Gasteiger partial charge in [0.1, 0.15) is 11.3 Å². The average Bonchev–Trinajstić information content (AvgIpc) is 2.82. The molecule has 0 spiro atoms. The van der Waals surface area contributed by atoms with Gasteiger partial charge in [0.2, 0.25) is 0 Å². The molecule has 1 aliphatic heterocycles. The maximum absolute atomic E-state index is 5.78. The predicted octanol–water partition coefficient (Wildman–Crippen LogP) is 2.82. The zero-order valence-electron chi connectivity index (χ0n) is 8.92. The molecule has 2 heteroatoms. The second-order valence-electron chi connectivity index (χ2n) is 4.26. The predicted molar refractivity (Wildman–Crippen MR) is 61.2 cm³/mol. The highest BCUT2D eigenvalue weighted by Crippen LogP contribution is 2.34. The van der Waals surface area contributed by atoms with Gasteiger partial charge >= 0.3 is 0 Å². The van der Waals surface area contributed by atoms with Gasteiger partial charge in [-0.05, 0) is 26.0 Å². The molecule has 0 aliphatic carbocycles. The van der Waals surface area contributed by atoms with Crippen LogP contribution in [0.3, 0.4) is 0 Å². The lowest BCUT2D eigenvalue weighted by Gasteiger charge is -2.06. The van der Waals surface area contributed by atoms with Crippen molar-refractivity contribution in [3.05, 3.63) is 35.6 Å². The van der Waals surface area contributed by atoms with Crippen LogP contribution in [0.2, 0.25) is 0 Å². The number of hydrogen-bond acceptors (Lipinski definition) is 2. The standard InChI is InChI=1S/C13H15NO/c1-9-13(10-6-7-14-8-10)11-4-2-3-5-12(11)15-9/h2-5,10,14H,6-8H2,1H3. The van der Waals surface area contributed by atoms with Crippen LogP contribution in [0.15, 0.2) is 28.7 Å². The number of para-hydroxylation sites is 1. The van der Waals surface area contributed by atoms with Crippen molar-refractivity contribution in [2.45, 2.75) is 19.3 Å². The van der Waals surface area contributed by atoms with Crippen molar-refractivity contribution in [2.24, 2.45) is 0 Å². The fraction of sp³-hybridized carbons (Fsp3) is 0.385. The number of benzene rings is 1. The first-order chi connectivity index (χ1) is 7.36. The van der Waals surface area contributed by atoms with Gasteiger partial charge in [-0.3, -0.25) is 0 Å². The summed E-state index contributed by atoms with van der Waals surface area (Å²) in [6.45, 7) is 4.29. The molecule has 1 fully saturated rings. The Bertz CT molecular complexity index is 480. The Hall–Kier alpha value is -1.28. The van der Waals surface area contributed by atoms with E-state index in [1.807, 2.05) is 12.1 Å². The fourth-order valence-electron chi connectivity index (χ4n) is 2.60. The molecule has 1 saturated heterocycles. The normalized spacial score (nSPS) is 21.3. The van der Waals surface area contributed by atoms with Gasteiger partial charge in [-0.15, -0.1) is 0 Å². The SMILES string of the molecule is Cc1oc2ccccc2c1C1CCNC1. The van der Waals surface area contributed by atoms with E-state index in [0.29, 0.717) is 5.92 Å². The highest BCUT2D eigenvalue weighted by molar-refractivity contribution is 5.82. The average molecular weight is 201 g/mol. The topological polar surface area (TPSA) is 25.2 Å². The zero-order valence-corrected chi connectivity index (χ0v) is 8.92. The second-order valence-corrected chi connectivity index (χ2v) is 4.26. The van der Waals surface area contributed by atoms with Crippen LogP contribution in [-0.2, 0) is 0 Å². The number of hydrogen-bond donors (Lipinski definition) is 1. The van der Waals surface area contributed by atoms with Crippen LogP contribution in [0, 0.1) is 6.92 Å². The van der Waals surface area contributed by atoms with Crippen LogP contribution >= 0.6 is 0 Å². The monoisotopic (exact) mass is 201 g/mol. The Morgan fingerprint density at radius 3 is 3.00 bits per heavy atom. The van der Waals surface area contributed by atoms with Crippen molar-refractivity contribution < 1.29 is 4.42 Å². The summed E-state index contributed by atoms with van der Waals surface area (Å²) in [4.78, 5) is 0. The van der Waals surface area contributed by atoms with Crippen molar-refractivity contribution in [1.82, 2.24) is 5.32 Å². The number of fused-ring (bicyclic) bond motifs is 1. The van der Waals surface area contributed by atoms with Crippen LogP contribution in [0.5, 0.6) is 0 Å². The van der Waals surface area contributed by atoms with Crippen molar-refractivity contribution in [2.75, 3.05) is 13.1 Å². The lowest BCUT2D eigenvalue weighted by atomic mass is 9.95. The van der Waals surface area contributed by atoms with E-state index in [4.69, 9.17) is 4.42 Å². The minimum Gasteiger partial charge on any atom is -0.461 e. The van der Waals surface area contributed by atoms with Crippen molar-refractivity contribution >= 4 is 11.0 Å². The summed E-state index contributed by atoms with van der Waals surface area (Å²) in [5, 5.41) is 4.71. The van der Waals surface area contributed by atoms with Crippen molar-refractivity contribution in [3.8, 4) is 0 Å². The van der Waals surface area contributed by atoms with Gasteiger partial charge in [-0.25, -0.2) is 0 Å². The Morgan fingerprint density at radius 1 is 1.33 bits per heavy atom. The molecular formula is C13H15NO. The maximum atomic E-state index is 5.78. The van der Waals surface area contributed by atoms with Gasteiger partial charge in [-0.1, -0.05) is 18.2 Å². The van der Waals surface area contributed by atoms with Crippen molar-refractivity contribution in [3.63, 3.8) is 0 Å². The van der Waals surface area contributed by atoms with E-state index in [9.17, 15) is 0 Å². The molecule has 0 radical (unpaired) electrons. The summed E-state index contributed by atoms with van der Waals surface area (Å²) in [7, 11) is 0. The molecule has 2 nitrogen and oxygen atoms in total. The molecule has 1 aliphatic rings. The zero-order chi connectivity index (χ0) is 10.3. The molecule has 0 saturated carbocycles. The quantitative estimate of drug-likeness (QED) is 0.767. The highest BCUT2D eigenvalue weighted by atomic mass is 16.3. The molecule has 0 bridgehead atoms. The summed E-state index contributed by atoms with van der Waals surface area (Å²) < 4.78 is 5.78. The largest absolute Gasteiger partial charge is 0.461 e. The summed E-state index contributed by atoms with van der Waals surface area (Å²) >= 11 is 0. The Balaban J connectivity index is 2.19. The van der Waals surface area contributed by atoms with E-state index in [0.717, 1.165) is 24.4 Å². The van der Waals surface area contributed by atoms with Crippen LogP contribution in [0.25, 0.3) is 11.0 Å².